The Balaban J connectivity index is 2.03. The molecule has 1 fully saturated rings. The molecule has 0 saturated carbocycles. The van der Waals surface area contributed by atoms with Crippen LogP contribution in [0.25, 0.3) is 0 Å². The maximum Gasteiger partial charge on any atom is 0.341 e. The van der Waals surface area contributed by atoms with Gasteiger partial charge in [0.15, 0.2) is 0 Å². The number of rotatable bonds is 2. The lowest BCUT2D eigenvalue weighted by Crippen LogP contribution is -2.26. The number of esters is 1. The molecule has 1 saturated heterocycles. The van der Waals surface area contributed by atoms with Crippen molar-refractivity contribution in [2.24, 2.45) is 0 Å². The van der Waals surface area contributed by atoms with Crippen LogP contribution in [0.2, 0.25) is 0 Å². The first-order valence-corrected chi connectivity index (χ1v) is 5.50. The van der Waals surface area contributed by atoms with Gasteiger partial charge in [0.05, 0.1) is 18.8 Å². The average molecular weight is 239 g/mol. The second-order valence-corrected chi connectivity index (χ2v) is 3.96. The van der Waals surface area contributed by atoms with Gasteiger partial charge in [0.2, 0.25) is 0 Å². The summed E-state index contributed by atoms with van der Waals surface area (Å²) in [5.41, 5.74) is 5.61. The number of ether oxygens (including phenoxy) is 2. The highest BCUT2D eigenvalue weighted by atomic mass is 19.1. The zero-order chi connectivity index (χ0) is 12.3. The van der Waals surface area contributed by atoms with Crippen LogP contribution in [-0.4, -0.2) is 25.3 Å². The molecule has 2 rings (SSSR count). The Labute approximate surface area is 98.5 Å². The van der Waals surface area contributed by atoms with Crippen LogP contribution >= 0.6 is 0 Å². The molecule has 5 heteroatoms. The highest BCUT2D eigenvalue weighted by molar-refractivity contribution is 5.90. The molecular weight excluding hydrogens is 225 g/mol. The maximum absolute atomic E-state index is 13.4. The molecule has 1 heterocycles. The lowest BCUT2D eigenvalue weighted by molar-refractivity contribution is -0.0162. The molecule has 1 aliphatic heterocycles. The third-order valence-corrected chi connectivity index (χ3v) is 2.66. The maximum atomic E-state index is 13.4. The molecule has 0 radical (unpaired) electrons. The molecular formula is C12H14FNO3. The molecule has 0 bridgehead atoms. The molecule has 0 aliphatic carbocycles. The number of nitrogen functional groups attached to an aromatic ring is 1. The van der Waals surface area contributed by atoms with Crippen molar-refractivity contribution in [3.05, 3.63) is 29.6 Å². The Morgan fingerprint density at radius 1 is 1.41 bits per heavy atom. The Morgan fingerprint density at radius 3 is 2.76 bits per heavy atom. The number of carbonyl (C=O) groups excluding carboxylic acids is 1. The van der Waals surface area contributed by atoms with Crippen molar-refractivity contribution in [2.45, 2.75) is 18.9 Å². The van der Waals surface area contributed by atoms with Gasteiger partial charge in [0.1, 0.15) is 11.9 Å². The lowest BCUT2D eigenvalue weighted by atomic mass is 10.1. The smallest absolute Gasteiger partial charge is 0.341 e. The molecule has 0 spiro atoms. The van der Waals surface area contributed by atoms with Crippen molar-refractivity contribution in [2.75, 3.05) is 18.9 Å². The molecule has 1 aliphatic rings. The van der Waals surface area contributed by atoms with E-state index < -0.39 is 11.8 Å². The number of hydrogen-bond donors (Lipinski definition) is 1. The van der Waals surface area contributed by atoms with E-state index in [9.17, 15) is 9.18 Å². The average Bonchev–Trinajstić information content (AvgIpc) is 2.30. The monoisotopic (exact) mass is 239 g/mol. The standard InChI is InChI=1S/C12H14FNO3/c13-11-7-8(14)1-2-10(11)12(15)17-9-3-5-16-6-4-9/h1-2,7,9H,3-6,14H2. The number of benzene rings is 1. The van der Waals surface area contributed by atoms with Gasteiger partial charge in [-0.15, -0.1) is 0 Å². The van der Waals surface area contributed by atoms with Crippen LogP contribution in [0.1, 0.15) is 23.2 Å². The minimum absolute atomic E-state index is 0.0781. The van der Waals surface area contributed by atoms with Crippen molar-refractivity contribution in [1.29, 1.82) is 0 Å². The predicted octanol–water partition coefficient (Wildman–Crippen LogP) is 1.74. The van der Waals surface area contributed by atoms with Gasteiger partial charge < -0.3 is 15.2 Å². The second kappa shape index (κ2) is 5.14. The van der Waals surface area contributed by atoms with Crippen molar-refractivity contribution >= 4 is 11.7 Å². The largest absolute Gasteiger partial charge is 0.459 e. The lowest BCUT2D eigenvalue weighted by Gasteiger charge is -2.22. The molecule has 1 aromatic carbocycles. The van der Waals surface area contributed by atoms with Crippen molar-refractivity contribution in [3.8, 4) is 0 Å². The minimum atomic E-state index is -0.651. The summed E-state index contributed by atoms with van der Waals surface area (Å²) in [6.45, 7) is 1.14. The van der Waals surface area contributed by atoms with Crippen LogP contribution in [0.15, 0.2) is 18.2 Å². The Morgan fingerprint density at radius 2 is 2.12 bits per heavy atom. The van der Waals surface area contributed by atoms with Crippen LogP contribution in [0.4, 0.5) is 10.1 Å². The van der Waals surface area contributed by atoms with Crippen LogP contribution < -0.4 is 5.73 Å². The first-order valence-electron chi connectivity index (χ1n) is 5.50. The summed E-state index contributed by atoms with van der Waals surface area (Å²) in [4.78, 5) is 11.7. The molecule has 92 valence electrons. The van der Waals surface area contributed by atoms with Gasteiger partial charge in [-0.2, -0.15) is 0 Å². The fourth-order valence-electron chi connectivity index (χ4n) is 1.71. The van der Waals surface area contributed by atoms with Gasteiger partial charge in [-0.25, -0.2) is 9.18 Å². The molecule has 0 atom stereocenters. The molecule has 4 nitrogen and oxygen atoms in total. The fourth-order valence-corrected chi connectivity index (χ4v) is 1.71. The summed E-state index contributed by atoms with van der Waals surface area (Å²) in [5, 5.41) is 0. The zero-order valence-electron chi connectivity index (χ0n) is 9.32. The highest BCUT2D eigenvalue weighted by Gasteiger charge is 2.21. The van der Waals surface area contributed by atoms with Crippen LogP contribution in [0, 0.1) is 5.82 Å². The van der Waals surface area contributed by atoms with E-state index in [4.69, 9.17) is 15.2 Å². The first-order chi connectivity index (χ1) is 8.16. The molecule has 2 N–H and O–H groups in total. The third-order valence-electron chi connectivity index (χ3n) is 2.66. The normalized spacial score (nSPS) is 16.8. The highest BCUT2D eigenvalue weighted by Crippen LogP contribution is 2.17. The van der Waals surface area contributed by atoms with Gasteiger partial charge in [0.25, 0.3) is 0 Å². The molecule has 17 heavy (non-hydrogen) atoms. The summed E-state index contributed by atoms with van der Waals surface area (Å²) < 4.78 is 23.8. The van der Waals surface area contributed by atoms with Crippen LogP contribution in [0.3, 0.4) is 0 Å². The quantitative estimate of drug-likeness (QED) is 0.630. The Hall–Kier alpha value is -1.62. The number of hydrogen-bond acceptors (Lipinski definition) is 4. The summed E-state index contributed by atoms with van der Waals surface area (Å²) in [5.74, 6) is -1.29. The molecule has 1 aromatic rings. The van der Waals surface area contributed by atoms with E-state index >= 15 is 0 Å². The Bertz CT molecular complexity index is 416. The third kappa shape index (κ3) is 2.94. The van der Waals surface area contributed by atoms with E-state index in [2.05, 4.69) is 0 Å². The van der Waals surface area contributed by atoms with E-state index in [0.717, 1.165) is 6.07 Å². The van der Waals surface area contributed by atoms with Gasteiger partial charge in [-0.1, -0.05) is 0 Å². The summed E-state index contributed by atoms with van der Waals surface area (Å²) >= 11 is 0. The molecule has 0 aromatic heterocycles. The Kier molecular flexibility index (Phi) is 3.58. The van der Waals surface area contributed by atoms with E-state index in [0.29, 0.717) is 26.1 Å². The summed E-state index contributed by atoms with van der Waals surface area (Å²) in [6.07, 6.45) is 1.12. The van der Waals surface area contributed by atoms with Crippen molar-refractivity contribution in [1.82, 2.24) is 0 Å². The van der Waals surface area contributed by atoms with E-state index in [1.165, 1.54) is 12.1 Å². The molecule has 0 unspecified atom stereocenters. The van der Waals surface area contributed by atoms with Crippen LogP contribution in [0.5, 0.6) is 0 Å². The number of anilines is 1. The van der Waals surface area contributed by atoms with E-state index in [-0.39, 0.29) is 17.4 Å². The van der Waals surface area contributed by atoms with Gasteiger partial charge in [-0.3, -0.25) is 0 Å². The fraction of sp³-hybridized carbons (Fsp3) is 0.417. The SMILES string of the molecule is Nc1ccc(C(=O)OC2CCOCC2)c(F)c1. The number of carbonyl (C=O) groups is 1. The van der Waals surface area contributed by atoms with Crippen LogP contribution in [-0.2, 0) is 9.47 Å². The van der Waals surface area contributed by atoms with Crippen molar-refractivity contribution < 1.29 is 18.7 Å². The van der Waals surface area contributed by atoms with Gasteiger partial charge in [-0.05, 0) is 18.2 Å². The second-order valence-electron chi connectivity index (χ2n) is 3.96. The summed E-state index contributed by atoms with van der Waals surface area (Å²) in [7, 11) is 0. The first kappa shape index (κ1) is 11.9. The van der Waals surface area contributed by atoms with Gasteiger partial charge in [0, 0.05) is 18.5 Å². The zero-order valence-corrected chi connectivity index (χ0v) is 9.32. The van der Waals surface area contributed by atoms with Gasteiger partial charge >= 0.3 is 5.97 Å². The minimum Gasteiger partial charge on any atom is -0.459 e. The number of nitrogens with two attached hydrogens (primary N) is 1. The van der Waals surface area contributed by atoms with Crippen molar-refractivity contribution in [3.63, 3.8) is 0 Å². The molecule has 0 amide bonds. The van der Waals surface area contributed by atoms with E-state index in [1.807, 2.05) is 0 Å². The predicted molar refractivity (Wildman–Crippen MR) is 60.1 cm³/mol. The topological polar surface area (TPSA) is 61.6 Å². The number of halogens is 1. The van der Waals surface area contributed by atoms with E-state index in [1.54, 1.807) is 0 Å². The summed E-state index contributed by atoms with van der Waals surface area (Å²) in [6, 6.07) is 3.93.